The summed E-state index contributed by atoms with van der Waals surface area (Å²) in [5, 5.41) is 7.11. The van der Waals surface area contributed by atoms with Gasteiger partial charge in [-0.3, -0.25) is 5.10 Å². The van der Waals surface area contributed by atoms with E-state index in [0.29, 0.717) is 30.4 Å². The number of carbonyl (C=O) groups excluding carboxylic acids is 1. The van der Waals surface area contributed by atoms with Crippen LogP contribution in [-0.4, -0.2) is 38.8 Å². The minimum absolute atomic E-state index is 0.248. The number of nitrogens with one attached hydrogen (secondary N) is 1. The third-order valence-electron chi connectivity index (χ3n) is 4.24. The van der Waals surface area contributed by atoms with Crippen LogP contribution in [0.3, 0.4) is 0 Å². The molecule has 0 atom stereocenters. The summed E-state index contributed by atoms with van der Waals surface area (Å²) in [5.41, 5.74) is 0.997. The highest BCUT2D eigenvalue weighted by atomic mass is 32.1. The van der Waals surface area contributed by atoms with Gasteiger partial charge in [0.15, 0.2) is 4.77 Å². The molecule has 0 bridgehead atoms. The maximum absolute atomic E-state index is 12.1. The largest absolute Gasteiger partial charge is 0.445 e. The average Bonchev–Trinajstić information content (AvgIpc) is 2.93. The van der Waals surface area contributed by atoms with Gasteiger partial charge < -0.3 is 14.2 Å². The molecule has 0 unspecified atom stereocenters. The van der Waals surface area contributed by atoms with Gasteiger partial charge in [0.25, 0.3) is 0 Å². The number of hydrogen-bond acceptors (Lipinski definition) is 4. The molecule has 0 radical (unpaired) electrons. The van der Waals surface area contributed by atoms with Gasteiger partial charge in [-0.05, 0) is 30.6 Å². The van der Waals surface area contributed by atoms with Crippen LogP contribution in [0, 0.1) is 4.77 Å². The van der Waals surface area contributed by atoms with Crippen LogP contribution in [0.5, 0.6) is 0 Å². The molecule has 1 aromatic carbocycles. The van der Waals surface area contributed by atoms with Crippen molar-refractivity contribution in [2.45, 2.75) is 25.4 Å². The molecule has 6 nitrogen and oxygen atoms in total. The lowest BCUT2D eigenvalue weighted by atomic mass is 9.96. The zero-order chi connectivity index (χ0) is 16.2. The van der Waals surface area contributed by atoms with Gasteiger partial charge in [0.2, 0.25) is 0 Å². The number of ether oxygens (including phenoxy) is 1. The summed E-state index contributed by atoms with van der Waals surface area (Å²) in [5.74, 6) is 1.29. The van der Waals surface area contributed by atoms with E-state index in [9.17, 15) is 4.79 Å². The number of carbonyl (C=O) groups is 1. The average molecular weight is 332 g/mol. The van der Waals surface area contributed by atoms with Crippen LogP contribution in [-0.2, 0) is 18.4 Å². The number of nitrogens with zero attached hydrogens (tertiary/aromatic N) is 3. The minimum Gasteiger partial charge on any atom is -0.445 e. The number of hydrogen-bond donors (Lipinski definition) is 1. The van der Waals surface area contributed by atoms with Gasteiger partial charge in [-0.15, -0.1) is 0 Å². The fraction of sp³-hybridized carbons (Fsp3) is 0.438. The maximum atomic E-state index is 12.1. The molecular weight excluding hydrogens is 312 g/mol. The lowest BCUT2D eigenvalue weighted by Gasteiger charge is -2.30. The van der Waals surface area contributed by atoms with E-state index < -0.39 is 0 Å². The monoisotopic (exact) mass is 332 g/mol. The van der Waals surface area contributed by atoms with Crippen molar-refractivity contribution < 1.29 is 9.53 Å². The van der Waals surface area contributed by atoms with Crippen LogP contribution < -0.4 is 0 Å². The molecule has 7 heteroatoms. The quantitative estimate of drug-likeness (QED) is 0.878. The first kappa shape index (κ1) is 15.7. The molecule has 23 heavy (non-hydrogen) atoms. The number of aromatic nitrogens is 3. The van der Waals surface area contributed by atoms with E-state index in [4.69, 9.17) is 17.0 Å². The van der Waals surface area contributed by atoms with Gasteiger partial charge in [-0.25, -0.2) is 4.79 Å². The Morgan fingerprint density at radius 3 is 2.65 bits per heavy atom. The summed E-state index contributed by atoms with van der Waals surface area (Å²) in [4.78, 5) is 13.9. The summed E-state index contributed by atoms with van der Waals surface area (Å²) in [6.07, 6.45) is 1.49. The van der Waals surface area contributed by atoms with Crippen LogP contribution in [0.15, 0.2) is 30.3 Å². The Hall–Kier alpha value is -2.15. The Bertz CT molecular complexity index is 717. The van der Waals surface area contributed by atoms with Gasteiger partial charge in [-0.2, -0.15) is 5.10 Å². The van der Waals surface area contributed by atoms with Crippen molar-refractivity contribution in [1.82, 2.24) is 19.7 Å². The minimum atomic E-state index is -0.248. The Balaban J connectivity index is 1.51. The van der Waals surface area contributed by atoms with Crippen molar-refractivity contribution in [2.24, 2.45) is 7.05 Å². The molecule has 0 aliphatic carbocycles. The summed E-state index contributed by atoms with van der Waals surface area (Å²) in [6.45, 7) is 1.67. The molecule has 1 aliphatic rings. The van der Waals surface area contributed by atoms with Gasteiger partial charge in [0.1, 0.15) is 12.4 Å². The van der Waals surface area contributed by atoms with Gasteiger partial charge in [0, 0.05) is 26.1 Å². The van der Waals surface area contributed by atoms with Gasteiger partial charge in [0.05, 0.1) is 0 Å². The summed E-state index contributed by atoms with van der Waals surface area (Å²) < 4.78 is 7.92. The highest BCUT2D eigenvalue weighted by Gasteiger charge is 2.27. The zero-order valence-electron chi connectivity index (χ0n) is 13.1. The smallest absolute Gasteiger partial charge is 0.410 e. The summed E-state index contributed by atoms with van der Waals surface area (Å²) in [6, 6.07) is 9.71. The number of rotatable bonds is 3. The molecule has 2 aromatic rings. The Kier molecular flexibility index (Phi) is 4.76. The van der Waals surface area contributed by atoms with E-state index in [1.54, 1.807) is 4.90 Å². The topological polar surface area (TPSA) is 63.1 Å². The van der Waals surface area contributed by atoms with Crippen molar-refractivity contribution >= 4 is 18.3 Å². The molecule has 1 N–H and O–H groups in total. The fourth-order valence-corrected chi connectivity index (χ4v) is 2.99. The molecule has 1 fully saturated rings. The van der Waals surface area contributed by atoms with Crippen LogP contribution >= 0.6 is 12.2 Å². The standard InChI is InChI=1S/C16H20N4O2S/c1-19-14(17-18-15(19)23)13-7-9-20(10-8-13)16(21)22-11-12-5-3-2-4-6-12/h2-6,13H,7-11H2,1H3,(H,18,23). The summed E-state index contributed by atoms with van der Waals surface area (Å²) >= 11 is 5.15. The van der Waals surface area contributed by atoms with E-state index in [1.165, 1.54) is 0 Å². The Labute approximate surface area is 140 Å². The first-order valence-corrected chi connectivity index (χ1v) is 8.13. The SMILES string of the molecule is Cn1c(C2CCN(C(=O)OCc3ccccc3)CC2)n[nH]c1=S. The van der Waals surface area contributed by atoms with E-state index in [2.05, 4.69) is 10.2 Å². The third kappa shape index (κ3) is 3.61. The second kappa shape index (κ2) is 6.95. The maximum Gasteiger partial charge on any atom is 0.410 e. The van der Waals surface area contributed by atoms with E-state index >= 15 is 0 Å². The third-order valence-corrected chi connectivity index (χ3v) is 4.60. The van der Waals surface area contributed by atoms with Crippen LogP contribution in [0.4, 0.5) is 4.79 Å². The van der Waals surface area contributed by atoms with Crippen LogP contribution in [0.25, 0.3) is 0 Å². The zero-order valence-corrected chi connectivity index (χ0v) is 13.9. The van der Waals surface area contributed by atoms with Crippen molar-refractivity contribution in [3.05, 3.63) is 46.5 Å². The molecular formula is C16H20N4O2S. The number of H-pyrrole nitrogens is 1. The van der Waals surface area contributed by atoms with Gasteiger partial charge >= 0.3 is 6.09 Å². The second-order valence-corrected chi connectivity index (χ2v) is 6.13. The number of benzene rings is 1. The lowest BCUT2D eigenvalue weighted by molar-refractivity contribution is 0.0865. The molecule has 0 saturated carbocycles. The van der Waals surface area contributed by atoms with Crippen LogP contribution in [0.2, 0.25) is 0 Å². The van der Waals surface area contributed by atoms with Crippen molar-refractivity contribution in [3.63, 3.8) is 0 Å². The molecule has 0 spiro atoms. The van der Waals surface area contributed by atoms with Crippen molar-refractivity contribution in [3.8, 4) is 0 Å². The van der Waals surface area contributed by atoms with Crippen molar-refractivity contribution in [1.29, 1.82) is 0 Å². The molecule has 1 aromatic heterocycles. The first-order valence-electron chi connectivity index (χ1n) is 7.72. The first-order chi connectivity index (χ1) is 11.1. The predicted octanol–water partition coefficient (Wildman–Crippen LogP) is 2.99. The van der Waals surface area contributed by atoms with E-state index in [0.717, 1.165) is 24.2 Å². The number of amides is 1. The Morgan fingerprint density at radius 2 is 2.04 bits per heavy atom. The highest BCUT2D eigenvalue weighted by Crippen LogP contribution is 2.26. The molecule has 1 aliphatic heterocycles. The van der Waals surface area contributed by atoms with Crippen LogP contribution in [0.1, 0.15) is 30.1 Å². The molecule has 1 saturated heterocycles. The van der Waals surface area contributed by atoms with E-state index in [-0.39, 0.29) is 6.09 Å². The van der Waals surface area contributed by atoms with Gasteiger partial charge in [-0.1, -0.05) is 30.3 Å². The molecule has 2 heterocycles. The molecule has 3 rings (SSSR count). The second-order valence-electron chi connectivity index (χ2n) is 5.75. The highest BCUT2D eigenvalue weighted by molar-refractivity contribution is 7.71. The number of aromatic amines is 1. The number of piperidine rings is 1. The normalized spacial score (nSPS) is 15.6. The summed E-state index contributed by atoms with van der Waals surface area (Å²) in [7, 11) is 1.92. The van der Waals surface area contributed by atoms with E-state index in [1.807, 2.05) is 41.9 Å². The molecule has 1 amide bonds. The Morgan fingerprint density at radius 1 is 1.35 bits per heavy atom. The lowest BCUT2D eigenvalue weighted by Crippen LogP contribution is -2.38. The predicted molar refractivity (Wildman–Crippen MR) is 88.6 cm³/mol. The van der Waals surface area contributed by atoms with Crippen molar-refractivity contribution in [2.75, 3.05) is 13.1 Å². The number of likely N-dealkylation sites (tertiary alicyclic amines) is 1. The molecule has 122 valence electrons. The fourth-order valence-electron chi connectivity index (χ4n) is 2.86.